The summed E-state index contributed by atoms with van der Waals surface area (Å²) in [5.41, 5.74) is 4.72. The van der Waals surface area contributed by atoms with E-state index in [9.17, 15) is 14.4 Å². The predicted molar refractivity (Wildman–Crippen MR) is 128 cm³/mol. The average molecular weight is 465 g/mol. The van der Waals surface area contributed by atoms with Crippen LogP contribution in [0.3, 0.4) is 0 Å². The molecule has 7 nitrogen and oxygen atoms in total. The van der Waals surface area contributed by atoms with Crippen molar-refractivity contribution in [3.63, 3.8) is 0 Å². The molecule has 3 N–H and O–H groups in total. The van der Waals surface area contributed by atoms with Crippen molar-refractivity contribution in [1.29, 1.82) is 0 Å². The van der Waals surface area contributed by atoms with Gasteiger partial charge in [0.1, 0.15) is 6.61 Å². The van der Waals surface area contributed by atoms with Gasteiger partial charge in [-0.15, -0.1) is 0 Å². The van der Waals surface area contributed by atoms with Crippen LogP contribution in [-0.2, 0) is 14.3 Å². The molecule has 0 bridgehead atoms. The fraction of sp³-hybridized carbons (Fsp3) is 0.444. The fourth-order valence-electron chi connectivity index (χ4n) is 5.21. The highest BCUT2D eigenvalue weighted by Gasteiger charge is 2.31. The number of nitrogens with one attached hydrogen (secondary N) is 2. The smallest absolute Gasteiger partial charge is 0.407 e. The van der Waals surface area contributed by atoms with Crippen LogP contribution in [-0.4, -0.2) is 42.3 Å². The van der Waals surface area contributed by atoms with Crippen LogP contribution in [0.4, 0.5) is 4.79 Å². The molecule has 2 amide bonds. The Kier molecular flexibility index (Phi) is 7.83. The number of amides is 2. The zero-order chi connectivity index (χ0) is 23.9. The van der Waals surface area contributed by atoms with Crippen LogP contribution in [0.1, 0.15) is 62.0 Å². The molecule has 1 fully saturated rings. The largest absolute Gasteiger partial charge is 0.481 e. The summed E-state index contributed by atoms with van der Waals surface area (Å²) in [6.45, 7) is 0.615. The number of ether oxygens (including phenoxy) is 1. The Labute approximate surface area is 199 Å². The molecule has 0 aliphatic heterocycles. The lowest BCUT2D eigenvalue weighted by Gasteiger charge is -2.31. The second-order valence-corrected chi connectivity index (χ2v) is 9.17. The maximum atomic E-state index is 12.7. The Morgan fingerprint density at radius 2 is 1.59 bits per heavy atom. The number of carbonyl (C=O) groups is 3. The third-order valence-corrected chi connectivity index (χ3v) is 6.89. The van der Waals surface area contributed by atoms with Crippen molar-refractivity contribution in [2.75, 3.05) is 13.2 Å². The number of carbonyl (C=O) groups excluding carboxylic acids is 2. The first-order chi connectivity index (χ1) is 16.5. The number of hydrogen-bond donors (Lipinski definition) is 3. The van der Waals surface area contributed by atoms with E-state index < -0.39 is 12.1 Å². The zero-order valence-corrected chi connectivity index (χ0v) is 19.3. The van der Waals surface area contributed by atoms with Crippen LogP contribution in [0.15, 0.2) is 48.5 Å². The maximum Gasteiger partial charge on any atom is 0.407 e. The second kappa shape index (κ2) is 11.2. The van der Waals surface area contributed by atoms with E-state index >= 15 is 0 Å². The van der Waals surface area contributed by atoms with E-state index in [2.05, 4.69) is 34.9 Å². The lowest BCUT2D eigenvalue weighted by molar-refractivity contribution is -0.137. The number of carboxylic acids is 1. The number of rotatable bonds is 9. The van der Waals surface area contributed by atoms with E-state index in [-0.39, 0.29) is 36.8 Å². The molecule has 180 valence electrons. The molecule has 1 saturated carbocycles. The molecular formula is C27H32N2O5. The van der Waals surface area contributed by atoms with Gasteiger partial charge < -0.3 is 20.5 Å². The Morgan fingerprint density at radius 3 is 2.26 bits per heavy atom. The number of alkyl carbamates (subject to hydrolysis) is 1. The van der Waals surface area contributed by atoms with Gasteiger partial charge in [-0.1, -0.05) is 61.4 Å². The third kappa shape index (κ3) is 5.76. The molecule has 0 radical (unpaired) electrons. The van der Waals surface area contributed by atoms with E-state index in [4.69, 9.17) is 9.84 Å². The van der Waals surface area contributed by atoms with Crippen LogP contribution >= 0.6 is 0 Å². The Morgan fingerprint density at radius 1 is 0.941 bits per heavy atom. The van der Waals surface area contributed by atoms with Crippen LogP contribution in [0.2, 0.25) is 0 Å². The zero-order valence-electron chi connectivity index (χ0n) is 19.3. The third-order valence-electron chi connectivity index (χ3n) is 6.89. The summed E-state index contributed by atoms with van der Waals surface area (Å²) in [7, 11) is 0. The topological polar surface area (TPSA) is 105 Å². The maximum absolute atomic E-state index is 12.7. The lowest BCUT2D eigenvalue weighted by atomic mass is 9.82. The summed E-state index contributed by atoms with van der Waals surface area (Å²) < 4.78 is 5.69. The number of carboxylic acid groups (broad SMARTS) is 1. The summed E-state index contributed by atoms with van der Waals surface area (Å²) in [6.07, 6.45) is 4.05. The van der Waals surface area contributed by atoms with E-state index in [0.717, 1.165) is 25.7 Å². The van der Waals surface area contributed by atoms with E-state index in [1.165, 1.54) is 22.3 Å². The standard InChI is InChI=1S/C27H32N2O5/c30-25(28-15-7-14-26(31)32)16-18-8-1-6-13-24(18)29-27(33)34-17-23-21-11-4-2-9-19(21)20-10-3-5-12-22(20)23/h2-5,9-12,18,23-24H,1,6-8,13-17H2,(H,28,30)(H,29,33)(H,31,32). The molecule has 4 rings (SSSR count). The summed E-state index contributed by atoms with van der Waals surface area (Å²) in [5.74, 6) is -0.906. The Hall–Kier alpha value is -3.35. The molecule has 2 aromatic rings. The first-order valence-electron chi connectivity index (χ1n) is 12.1. The van der Waals surface area contributed by atoms with E-state index in [1.54, 1.807) is 0 Å². The molecule has 2 aliphatic carbocycles. The number of hydrogen-bond acceptors (Lipinski definition) is 4. The molecule has 0 aromatic heterocycles. The van der Waals surface area contributed by atoms with Crippen LogP contribution in [0.5, 0.6) is 0 Å². The van der Waals surface area contributed by atoms with E-state index in [0.29, 0.717) is 19.4 Å². The molecule has 2 aromatic carbocycles. The van der Waals surface area contributed by atoms with Gasteiger partial charge in [0.2, 0.25) is 5.91 Å². The Balaban J connectivity index is 1.30. The van der Waals surface area contributed by atoms with Crippen molar-refractivity contribution in [3.05, 3.63) is 59.7 Å². The minimum Gasteiger partial charge on any atom is -0.481 e. The van der Waals surface area contributed by atoms with Crippen LogP contribution in [0.25, 0.3) is 11.1 Å². The molecule has 34 heavy (non-hydrogen) atoms. The number of benzene rings is 2. The Bertz CT molecular complexity index is 992. The highest BCUT2D eigenvalue weighted by molar-refractivity contribution is 5.79. The van der Waals surface area contributed by atoms with Gasteiger partial charge in [-0.2, -0.15) is 0 Å². The van der Waals surface area contributed by atoms with Crippen molar-refractivity contribution in [3.8, 4) is 11.1 Å². The second-order valence-electron chi connectivity index (χ2n) is 9.17. The number of fused-ring (bicyclic) bond motifs is 3. The summed E-state index contributed by atoms with van der Waals surface area (Å²) in [4.78, 5) is 35.6. The van der Waals surface area contributed by atoms with Gasteiger partial charge in [0.25, 0.3) is 0 Å². The normalized spacial score (nSPS) is 19.1. The molecular weight excluding hydrogens is 432 g/mol. The summed E-state index contributed by atoms with van der Waals surface area (Å²) in [6, 6.07) is 16.4. The molecule has 2 unspecified atom stereocenters. The van der Waals surface area contributed by atoms with Crippen molar-refractivity contribution in [1.82, 2.24) is 10.6 Å². The highest BCUT2D eigenvalue weighted by Crippen LogP contribution is 2.44. The first kappa shape index (κ1) is 23.8. The fourth-order valence-corrected chi connectivity index (χ4v) is 5.21. The van der Waals surface area contributed by atoms with Gasteiger partial charge in [0, 0.05) is 31.3 Å². The number of aliphatic carboxylic acids is 1. The SMILES string of the molecule is O=C(O)CCCNC(=O)CC1CCCCC1NC(=O)OCC1c2ccccc2-c2ccccc21. The van der Waals surface area contributed by atoms with Crippen LogP contribution in [0, 0.1) is 5.92 Å². The van der Waals surface area contributed by atoms with Crippen molar-refractivity contribution >= 4 is 18.0 Å². The molecule has 2 aliphatic rings. The van der Waals surface area contributed by atoms with Gasteiger partial charge in [0.05, 0.1) is 0 Å². The van der Waals surface area contributed by atoms with Gasteiger partial charge in [-0.05, 0) is 47.4 Å². The summed E-state index contributed by atoms with van der Waals surface area (Å²) >= 11 is 0. The van der Waals surface area contributed by atoms with E-state index in [1.807, 2.05) is 24.3 Å². The van der Waals surface area contributed by atoms with Gasteiger partial charge in [0.15, 0.2) is 0 Å². The van der Waals surface area contributed by atoms with Crippen molar-refractivity contribution in [2.45, 2.75) is 56.9 Å². The minimum atomic E-state index is -0.867. The quantitative estimate of drug-likeness (QED) is 0.476. The van der Waals surface area contributed by atoms with Gasteiger partial charge in [-0.25, -0.2) is 4.79 Å². The molecule has 2 atom stereocenters. The monoisotopic (exact) mass is 464 g/mol. The molecule has 0 saturated heterocycles. The first-order valence-corrected chi connectivity index (χ1v) is 12.1. The molecule has 0 spiro atoms. The highest BCUT2D eigenvalue weighted by atomic mass is 16.5. The van der Waals surface area contributed by atoms with Crippen molar-refractivity contribution in [2.24, 2.45) is 5.92 Å². The van der Waals surface area contributed by atoms with Crippen molar-refractivity contribution < 1.29 is 24.2 Å². The minimum absolute atomic E-state index is 0.0110. The van der Waals surface area contributed by atoms with Gasteiger partial charge in [-0.3, -0.25) is 9.59 Å². The average Bonchev–Trinajstić information content (AvgIpc) is 3.15. The van der Waals surface area contributed by atoms with Crippen LogP contribution < -0.4 is 10.6 Å². The molecule has 0 heterocycles. The summed E-state index contributed by atoms with van der Waals surface area (Å²) in [5, 5.41) is 14.5. The molecule has 7 heteroatoms. The predicted octanol–water partition coefficient (Wildman–Crippen LogP) is 4.46. The lowest BCUT2D eigenvalue weighted by Crippen LogP contribution is -2.44. The van der Waals surface area contributed by atoms with Gasteiger partial charge >= 0.3 is 12.1 Å².